The van der Waals surface area contributed by atoms with E-state index >= 15 is 0 Å². The van der Waals surface area contributed by atoms with Crippen LogP contribution in [0.5, 0.6) is 0 Å². The molecule has 0 saturated carbocycles. The van der Waals surface area contributed by atoms with Crippen LogP contribution in [0.25, 0.3) is 0 Å². The average molecular weight is 277 g/mol. The van der Waals surface area contributed by atoms with Gasteiger partial charge in [-0.15, -0.1) is 0 Å². The highest BCUT2D eigenvalue weighted by Crippen LogP contribution is 2.00. The van der Waals surface area contributed by atoms with Gasteiger partial charge in [-0.2, -0.15) is 0 Å². The molecule has 0 bridgehead atoms. The van der Waals surface area contributed by atoms with Crippen molar-refractivity contribution in [3.05, 3.63) is 30.1 Å². The number of hydrogen-bond acceptors (Lipinski definition) is 3. The summed E-state index contributed by atoms with van der Waals surface area (Å²) < 4.78 is 0. The van der Waals surface area contributed by atoms with Crippen LogP contribution in [0.1, 0.15) is 51.5 Å². The summed E-state index contributed by atoms with van der Waals surface area (Å²) in [5.41, 5.74) is 1.27. The molecule has 0 aromatic carbocycles. The van der Waals surface area contributed by atoms with Crippen molar-refractivity contribution in [3.63, 3.8) is 0 Å². The van der Waals surface area contributed by atoms with Gasteiger partial charge in [0.1, 0.15) is 0 Å². The average Bonchev–Trinajstić information content (AvgIpc) is 2.50. The summed E-state index contributed by atoms with van der Waals surface area (Å²) in [6.45, 7) is 10.3. The third kappa shape index (κ3) is 8.28. The molecule has 3 nitrogen and oxygen atoms in total. The number of unbranched alkanes of at least 4 members (excludes halogenated alkanes) is 2. The molecule has 0 spiro atoms. The Kier molecular flexibility index (Phi) is 10.2. The molecule has 0 unspecified atom stereocenters. The summed E-state index contributed by atoms with van der Waals surface area (Å²) >= 11 is 0. The van der Waals surface area contributed by atoms with Crippen LogP contribution in [0, 0.1) is 0 Å². The van der Waals surface area contributed by atoms with Crippen LogP contribution in [0.15, 0.2) is 24.5 Å². The molecule has 0 aliphatic rings. The summed E-state index contributed by atoms with van der Waals surface area (Å²) in [5.74, 6) is 0. The second kappa shape index (κ2) is 11.9. The van der Waals surface area contributed by atoms with Gasteiger partial charge in [0.2, 0.25) is 0 Å². The quantitative estimate of drug-likeness (QED) is 0.593. The number of rotatable bonds is 12. The zero-order chi connectivity index (χ0) is 14.5. The second-order valence-corrected chi connectivity index (χ2v) is 5.44. The highest BCUT2D eigenvalue weighted by atomic mass is 15.1. The number of pyridine rings is 1. The fourth-order valence-corrected chi connectivity index (χ4v) is 2.26. The van der Waals surface area contributed by atoms with Crippen molar-refractivity contribution in [1.82, 2.24) is 15.2 Å². The molecule has 1 aromatic heterocycles. The first-order chi connectivity index (χ1) is 9.86. The van der Waals surface area contributed by atoms with E-state index < -0.39 is 0 Å². The molecule has 0 aliphatic carbocycles. The van der Waals surface area contributed by atoms with Crippen LogP contribution >= 0.6 is 0 Å². The maximum Gasteiger partial charge on any atom is 0.0312 e. The summed E-state index contributed by atoms with van der Waals surface area (Å²) in [6.07, 6.45) is 10.2. The maximum atomic E-state index is 4.13. The van der Waals surface area contributed by atoms with E-state index in [1.165, 1.54) is 57.3 Å². The van der Waals surface area contributed by atoms with E-state index in [0.717, 1.165) is 13.1 Å². The number of nitrogens with zero attached hydrogens (tertiary/aromatic N) is 2. The second-order valence-electron chi connectivity index (χ2n) is 5.44. The first kappa shape index (κ1) is 17.1. The lowest BCUT2D eigenvalue weighted by Crippen LogP contribution is -2.29. The minimum absolute atomic E-state index is 0.928. The predicted molar refractivity (Wildman–Crippen MR) is 86.8 cm³/mol. The molecule has 0 radical (unpaired) electrons. The van der Waals surface area contributed by atoms with Crippen molar-refractivity contribution in [1.29, 1.82) is 0 Å². The molecule has 0 atom stereocenters. The van der Waals surface area contributed by atoms with E-state index in [-0.39, 0.29) is 0 Å². The van der Waals surface area contributed by atoms with Gasteiger partial charge in [0.05, 0.1) is 0 Å². The van der Waals surface area contributed by atoms with Crippen molar-refractivity contribution in [2.24, 2.45) is 0 Å². The standard InChI is InChI=1S/C17H31N3/c1-3-5-12-20(13-6-4-2)14-8-11-19-16-17-9-7-10-18-15-17/h7,9-10,15,19H,3-6,8,11-14,16H2,1-2H3. The fraction of sp³-hybridized carbons (Fsp3) is 0.706. The molecular weight excluding hydrogens is 246 g/mol. The number of aromatic nitrogens is 1. The third-order valence-corrected chi connectivity index (χ3v) is 3.54. The topological polar surface area (TPSA) is 28.2 Å². The van der Waals surface area contributed by atoms with E-state index in [1.807, 2.05) is 18.5 Å². The number of nitrogens with one attached hydrogen (secondary N) is 1. The van der Waals surface area contributed by atoms with E-state index in [4.69, 9.17) is 0 Å². The Bertz CT molecular complexity index is 305. The van der Waals surface area contributed by atoms with E-state index in [1.54, 1.807) is 0 Å². The SMILES string of the molecule is CCCCN(CCCC)CCCNCc1cccnc1. The molecule has 3 heteroatoms. The van der Waals surface area contributed by atoms with Crippen LogP contribution in [-0.4, -0.2) is 36.1 Å². The Morgan fingerprint density at radius 1 is 1.05 bits per heavy atom. The molecule has 0 aliphatic heterocycles. The van der Waals surface area contributed by atoms with E-state index in [0.29, 0.717) is 0 Å². The monoisotopic (exact) mass is 277 g/mol. The molecule has 0 amide bonds. The van der Waals surface area contributed by atoms with Gasteiger partial charge in [0, 0.05) is 18.9 Å². The highest BCUT2D eigenvalue weighted by Gasteiger charge is 2.03. The Labute approximate surface area is 124 Å². The van der Waals surface area contributed by atoms with Gasteiger partial charge in [-0.3, -0.25) is 4.98 Å². The van der Waals surface area contributed by atoms with Crippen molar-refractivity contribution in [2.45, 2.75) is 52.5 Å². The van der Waals surface area contributed by atoms with Crippen molar-refractivity contribution < 1.29 is 0 Å². The first-order valence-corrected chi connectivity index (χ1v) is 8.18. The van der Waals surface area contributed by atoms with Crippen LogP contribution in [0.2, 0.25) is 0 Å². The van der Waals surface area contributed by atoms with E-state index in [9.17, 15) is 0 Å². The molecule has 1 N–H and O–H groups in total. The van der Waals surface area contributed by atoms with Crippen LogP contribution < -0.4 is 5.32 Å². The van der Waals surface area contributed by atoms with Gasteiger partial charge in [-0.1, -0.05) is 32.8 Å². The Hall–Kier alpha value is -0.930. The Balaban J connectivity index is 2.09. The Morgan fingerprint density at radius 3 is 2.35 bits per heavy atom. The molecule has 0 saturated heterocycles. The van der Waals surface area contributed by atoms with Gasteiger partial charge in [-0.05, 0) is 57.1 Å². The third-order valence-electron chi connectivity index (χ3n) is 3.54. The molecular formula is C17H31N3. The number of hydrogen-bond donors (Lipinski definition) is 1. The molecule has 20 heavy (non-hydrogen) atoms. The zero-order valence-electron chi connectivity index (χ0n) is 13.3. The lowest BCUT2D eigenvalue weighted by molar-refractivity contribution is 0.261. The summed E-state index contributed by atoms with van der Waals surface area (Å²) in [6, 6.07) is 4.11. The minimum atomic E-state index is 0.928. The van der Waals surface area contributed by atoms with Crippen LogP contribution in [-0.2, 0) is 6.54 Å². The van der Waals surface area contributed by atoms with Gasteiger partial charge in [-0.25, -0.2) is 0 Å². The molecule has 114 valence electrons. The summed E-state index contributed by atoms with van der Waals surface area (Å²) in [4.78, 5) is 6.75. The van der Waals surface area contributed by atoms with Crippen LogP contribution in [0.3, 0.4) is 0 Å². The largest absolute Gasteiger partial charge is 0.313 e. The van der Waals surface area contributed by atoms with Gasteiger partial charge >= 0.3 is 0 Å². The molecule has 1 aromatic rings. The predicted octanol–water partition coefficient (Wildman–Crippen LogP) is 3.46. The summed E-state index contributed by atoms with van der Waals surface area (Å²) in [5, 5.41) is 3.50. The lowest BCUT2D eigenvalue weighted by atomic mass is 10.2. The van der Waals surface area contributed by atoms with Crippen molar-refractivity contribution in [2.75, 3.05) is 26.2 Å². The normalized spacial score (nSPS) is 11.2. The van der Waals surface area contributed by atoms with E-state index in [2.05, 4.69) is 35.1 Å². The van der Waals surface area contributed by atoms with Gasteiger partial charge in [0.15, 0.2) is 0 Å². The first-order valence-electron chi connectivity index (χ1n) is 8.18. The summed E-state index contributed by atoms with van der Waals surface area (Å²) in [7, 11) is 0. The highest BCUT2D eigenvalue weighted by molar-refractivity contribution is 5.07. The Morgan fingerprint density at radius 2 is 1.75 bits per heavy atom. The smallest absolute Gasteiger partial charge is 0.0312 e. The maximum absolute atomic E-state index is 4.13. The van der Waals surface area contributed by atoms with Crippen molar-refractivity contribution in [3.8, 4) is 0 Å². The lowest BCUT2D eigenvalue weighted by Gasteiger charge is -2.21. The molecule has 0 fully saturated rings. The van der Waals surface area contributed by atoms with Gasteiger partial charge in [0.25, 0.3) is 0 Å². The van der Waals surface area contributed by atoms with Crippen LogP contribution in [0.4, 0.5) is 0 Å². The minimum Gasteiger partial charge on any atom is -0.313 e. The zero-order valence-corrected chi connectivity index (χ0v) is 13.3. The molecule has 1 heterocycles. The molecule has 1 rings (SSSR count). The fourth-order valence-electron chi connectivity index (χ4n) is 2.26. The van der Waals surface area contributed by atoms with Crippen molar-refractivity contribution >= 4 is 0 Å². The van der Waals surface area contributed by atoms with Gasteiger partial charge < -0.3 is 10.2 Å².